The summed E-state index contributed by atoms with van der Waals surface area (Å²) in [6.07, 6.45) is 0.373. The van der Waals surface area contributed by atoms with Gasteiger partial charge in [0.05, 0.1) is 5.60 Å². The molecule has 3 N–H and O–H groups in total. The van der Waals surface area contributed by atoms with E-state index in [-0.39, 0.29) is 11.8 Å². The molecule has 1 aliphatic rings. The first-order valence-electron chi connectivity index (χ1n) is 9.99. The Kier molecular flexibility index (Phi) is 6.72. The summed E-state index contributed by atoms with van der Waals surface area (Å²) in [5.74, 6) is -0.934. The van der Waals surface area contributed by atoms with Gasteiger partial charge in [0.25, 0.3) is 5.91 Å². The van der Waals surface area contributed by atoms with Gasteiger partial charge in [0.1, 0.15) is 11.6 Å². The van der Waals surface area contributed by atoms with Crippen molar-refractivity contribution in [3.63, 3.8) is 0 Å². The average Bonchev–Trinajstić information content (AvgIpc) is 2.60. The maximum atomic E-state index is 13.2. The number of piperidine rings is 1. The molecule has 162 valence electrons. The lowest BCUT2D eigenvalue weighted by atomic mass is 9.66. The summed E-state index contributed by atoms with van der Waals surface area (Å²) in [5.41, 5.74) is -2.51. The first-order valence-corrected chi connectivity index (χ1v) is 10.4. The minimum absolute atomic E-state index is 0.144. The fourth-order valence-electron chi connectivity index (χ4n) is 3.80. The predicted molar refractivity (Wildman–Crippen MR) is 113 cm³/mol. The van der Waals surface area contributed by atoms with Gasteiger partial charge in [-0.15, -0.1) is 0 Å². The number of carbonyl (C=O) groups excluding carboxylic acids is 2. The van der Waals surface area contributed by atoms with Crippen LogP contribution in [0.2, 0.25) is 5.02 Å². The topological polar surface area (TPSA) is 89.9 Å². The van der Waals surface area contributed by atoms with Gasteiger partial charge in [-0.2, -0.15) is 0 Å². The molecule has 1 aliphatic heterocycles. The van der Waals surface area contributed by atoms with Crippen molar-refractivity contribution in [1.29, 1.82) is 0 Å². The molecular weight excluding hydrogens is 392 g/mol. The highest BCUT2D eigenvalue weighted by Gasteiger charge is 2.50. The average molecular weight is 425 g/mol. The van der Waals surface area contributed by atoms with Crippen molar-refractivity contribution in [3.8, 4) is 0 Å². The molecule has 2 atom stereocenters. The van der Waals surface area contributed by atoms with E-state index in [1.165, 1.54) is 13.8 Å². The van der Waals surface area contributed by atoms with E-state index in [1.54, 1.807) is 17.0 Å². The SMILES string of the molecule is CC(C)[C@@H](NC(=O)C(C)(C)O)C(=O)N1CC[C@](O)(c2ccc(Cl)cc2)C(C)(C)C1. The molecule has 0 saturated carbocycles. The fourth-order valence-corrected chi connectivity index (χ4v) is 3.93. The van der Waals surface area contributed by atoms with E-state index >= 15 is 0 Å². The van der Waals surface area contributed by atoms with Gasteiger partial charge in [0.15, 0.2) is 0 Å². The number of benzene rings is 1. The Balaban J connectivity index is 2.22. The molecular formula is C22H33ClN2O4. The number of amides is 2. The molecule has 2 rings (SSSR count). The summed E-state index contributed by atoms with van der Waals surface area (Å²) in [5, 5.41) is 24.7. The highest BCUT2D eigenvalue weighted by molar-refractivity contribution is 6.30. The Morgan fingerprint density at radius 2 is 1.76 bits per heavy atom. The molecule has 0 unspecified atom stereocenters. The maximum absolute atomic E-state index is 13.2. The van der Waals surface area contributed by atoms with Gasteiger partial charge in [0.2, 0.25) is 5.91 Å². The highest BCUT2D eigenvalue weighted by Crippen LogP contribution is 2.46. The van der Waals surface area contributed by atoms with Crippen LogP contribution < -0.4 is 5.32 Å². The normalized spacial score (nSPS) is 23.0. The molecule has 1 heterocycles. The summed E-state index contributed by atoms with van der Waals surface area (Å²) < 4.78 is 0. The third-order valence-electron chi connectivity index (χ3n) is 5.86. The molecule has 0 bridgehead atoms. The van der Waals surface area contributed by atoms with Crippen molar-refractivity contribution in [2.24, 2.45) is 11.3 Å². The van der Waals surface area contributed by atoms with Crippen LogP contribution in [-0.4, -0.2) is 51.7 Å². The van der Waals surface area contributed by atoms with E-state index in [2.05, 4.69) is 5.32 Å². The molecule has 7 heteroatoms. The number of rotatable bonds is 5. The molecule has 0 aromatic heterocycles. The van der Waals surface area contributed by atoms with Crippen molar-refractivity contribution in [2.75, 3.05) is 13.1 Å². The van der Waals surface area contributed by atoms with Crippen LogP contribution in [0, 0.1) is 11.3 Å². The van der Waals surface area contributed by atoms with Gasteiger partial charge in [-0.25, -0.2) is 0 Å². The van der Waals surface area contributed by atoms with Crippen molar-refractivity contribution in [2.45, 2.75) is 65.2 Å². The third-order valence-corrected chi connectivity index (χ3v) is 6.11. The number of halogens is 1. The fraction of sp³-hybridized carbons (Fsp3) is 0.636. The smallest absolute Gasteiger partial charge is 0.252 e. The van der Waals surface area contributed by atoms with Gasteiger partial charge < -0.3 is 20.4 Å². The first-order chi connectivity index (χ1) is 13.2. The minimum Gasteiger partial charge on any atom is -0.384 e. The lowest BCUT2D eigenvalue weighted by Gasteiger charge is -2.51. The minimum atomic E-state index is -1.57. The molecule has 29 heavy (non-hydrogen) atoms. The van der Waals surface area contributed by atoms with E-state index < -0.39 is 28.6 Å². The molecule has 0 radical (unpaired) electrons. The van der Waals surface area contributed by atoms with Gasteiger partial charge in [-0.1, -0.05) is 51.4 Å². The lowest BCUT2D eigenvalue weighted by molar-refractivity contribution is -0.158. The van der Waals surface area contributed by atoms with E-state index in [1.807, 2.05) is 39.8 Å². The molecule has 1 aromatic carbocycles. The van der Waals surface area contributed by atoms with Crippen molar-refractivity contribution >= 4 is 23.4 Å². The molecule has 1 saturated heterocycles. The van der Waals surface area contributed by atoms with Gasteiger partial charge in [0, 0.05) is 23.5 Å². The number of carbonyl (C=O) groups is 2. The van der Waals surface area contributed by atoms with E-state index in [9.17, 15) is 19.8 Å². The van der Waals surface area contributed by atoms with Crippen LogP contribution in [0.1, 0.15) is 53.5 Å². The second-order valence-electron chi connectivity index (χ2n) is 9.52. The zero-order valence-electron chi connectivity index (χ0n) is 18.1. The maximum Gasteiger partial charge on any atom is 0.252 e. The summed E-state index contributed by atoms with van der Waals surface area (Å²) >= 11 is 5.98. The van der Waals surface area contributed by atoms with E-state index in [4.69, 9.17) is 11.6 Å². The molecule has 6 nitrogen and oxygen atoms in total. The second-order valence-corrected chi connectivity index (χ2v) is 9.95. The van der Waals surface area contributed by atoms with E-state index in [0.717, 1.165) is 5.56 Å². The predicted octanol–water partition coefficient (Wildman–Crippen LogP) is 2.70. The lowest BCUT2D eigenvalue weighted by Crippen LogP contribution is -2.61. The van der Waals surface area contributed by atoms with Crippen LogP contribution in [0.3, 0.4) is 0 Å². The summed E-state index contributed by atoms with van der Waals surface area (Å²) in [6.45, 7) is 11.1. The van der Waals surface area contributed by atoms with Crippen molar-refractivity contribution < 1.29 is 19.8 Å². The van der Waals surface area contributed by atoms with Crippen LogP contribution in [0.4, 0.5) is 0 Å². The Hall–Kier alpha value is -1.63. The van der Waals surface area contributed by atoms with Crippen LogP contribution in [0.25, 0.3) is 0 Å². The summed E-state index contributed by atoms with van der Waals surface area (Å²) in [4.78, 5) is 27.1. The molecule has 0 spiro atoms. The Morgan fingerprint density at radius 3 is 2.21 bits per heavy atom. The zero-order valence-corrected chi connectivity index (χ0v) is 18.9. The van der Waals surface area contributed by atoms with Crippen LogP contribution in [-0.2, 0) is 15.2 Å². The number of hydrogen-bond acceptors (Lipinski definition) is 4. The number of nitrogens with one attached hydrogen (secondary N) is 1. The summed E-state index contributed by atoms with van der Waals surface area (Å²) in [7, 11) is 0. The number of likely N-dealkylation sites (tertiary alicyclic amines) is 1. The largest absolute Gasteiger partial charge is 0.384 e. The van der Waals surface area contributed by atoms with Gasteiger partial charge >= 0.3 is 0 Å². The first kappa shape index (κ1) is 23.6. The molecule has 0 aliphatic carbocycles. The Labute approximate surface area is 178 Å². The second kappa shape index (κ2) is 8.25. The number of nitrogens with zero attached hydrogens (tertiary/aromatic N) is 1. The zero-order chi connectivity index (χ0) is 22.2. The molecule has 2 amide bonds. The quantitative estimate of drug-likeness (QED) is 0.677. The highest BCUT2D eigenvalue weighted by atomic mass is 35.5. The van der Waals surface area contributed by atoms with Gasteiger partial charge in [-0.05, 0) is 43.9 Å². The summed E-state index contributed by atoms with van der Waals surface area (Å²) in [6, 6.07) is 6.41. The van der Waals surface area contributed by atoms with Crippen molar-refractivity contribution in [3.05, 3.63) is 34.9 Å². The van der Waals surface area contributed by atoms with Crippen molar-refractivity contribution in [1.82, 2.24) is 10.2 Å². The standard InChI is InChI=1S/C22H33ClN2O4/c1-14(2)17(24-19(27)21(5,6)28)18(26)25-12-11-22(29,20(3,4)13-25)15-7-9-16(23)10-8-15/h7-10,14,17,28-29H,11-13H2,1-6H3,(H,24,27)/t17-,22+/m1/s1. The number of aliphatic hydroxyl groups is 2. The molecule has 1 fully saturated rings. The monoisotopic (exact) mass is 424 g/mol. The number of hydrogen-bond donors (Lipinski definition) is 3. The van der Waals surface area contributed by atoms with Gasteiger partial charge in [-0.3, -0.25) is 9.59 Å². The van der Waals surface area contributed by atoms with Crippen LogP contribution >= 0.6 is 11.6 Å². The van der Waals surface area contributed by atoms with Crippen LogP contribution in [0.15, 0.2) is 24.3 Å². The molecule has 1 aromatic rings. The van der Waals surface area contributed by atoms with Crippen LogP contribution in [0.5, 0.6) is 0 Å². The van der Waals surface area contributed by atoms with E-state index in [0.29, 0.717) is 24.5 Å². The Morgan fingerprint density at radius 1 is 1.21 bits per heavy atom. The third kappa shape index (κ3) is 4.93. The Bertz CT molecular complexity index is 755.